The summed E-state index contributed by atoms with van der Waals surface area (Å²) in [5, 5.41) is 0. The third-order valence-electron chi connectivity index (χ3n) is 2.70. The van der Waals surface area contributed by atoms with Gasteiger partial charge < -0.3 is 4.90 Å². The molecule has 0 N–H and O–H groups in total. The van der Waals surface area contributed by atoms with Crippen LogP contribution in [0.1, 0.15) is 6.92 Å². The van der Waals surface area contributed by atoms with E-state index >= 15 is 0 Å². The minimum atomic E-state index is -4.08. The minimum absolute atomic E-state index is 0.155. The number of hydrogen-bond acceptors (Lipinski definition) is 5. The van der Waals surface area contributed by atoms with Gasteiger partial charge in [0.2, 0.25) is 4.58 Å². The van der Waals surface area contributed by atoms with E-state index in [0.29, 0.717) is 5.69 Å². The molecule has 0 atom stereocenters. The molecule has 1 amide bonds. The summed E-state index contributed by atoms with van der Waals surface area (Å²) in [6, 6.07) is 6.57. The summed E-state index contributed by atoms with van der Waals surface area (Å²) >= 11 is 3.25. The lowest BCUT2D eigenvalue weighted by atomic mass is 10.3. The van der Waals surface area contributed by atoms with Crippen LogP contribution in [0.15, 0.2) is 28.7 Å². The molecule has 0 aromatic heterocycles. The van der Waals surface area contributed by atoms with E-state index in [1.54, 1.807) is 31.2 Å². The van der Waals surface area contributed by atoms with Crippen molar-refractivity contribution in [2.75, 3.05) is 24.0 Å². The maximum atomic E-state index is 12.4. The fourth-order valence-corrected chi connectivity index (χ4v) is 5.69. The summed E-state index contributed by atoms with van der Waals surface area (Å²) in [4.78, 5) is 13.5. The molecule has 0 bridgehead atoms. The molecule has 0 aliphatic carbocycles. The Morgan fingerprint density at radius 2 is 1.52 bits per heavy atom. The lowest BCUT2D eigenvalue weighted by Gasteiger charge is -2.24. The van der Waals surface area contributed by atoms with Crippen molar-refractivity contribution in [2.45, 2.75) is 11.5 Å². The minimum Gasteiger partial charge on any atom is -0.311 e. The fourth-order valence-electron chi connectivity index (χ4n) is 1.90. The number of sulfone groups is 2. The van der Waals surface area contributed by atoms with Gasteiger partial charge in [-0.2, -0.15) is 0 Å². The van der Waals surface area contributed by atoms with Crippen LogP contribution in [-0.2, 0) is 24.5 Å². The lowest BCUT2D eigenvalue weighted by Crippen LogP contribution is -2.46. The predicted octanol–water partition coefficient (Wildman–Crippen LogP) is 1.22. The first-order valence-electron chi connectivity index (χ1n) is 5.93. The molecule has 0 unspecified atom stereocenters. The Morgan fingerprint density at radius 1 is 1.10 bits per heavy atom. The van der Waals surface area contributed by atoms with Crippen molar-refractivity contribution in [1.29, 1.82) is 0 Å². The molecule has 118 valence electrons. The molecule has 0 saturated heterocycles. The highest BCUT2D eigenvalue weighted by atomic mass is 79.9. The smallest absolute Gasteiger partial charge is 0.260 e. The highest BCUT2D eigenvalue weighted by molar-refractivity contribution is 9.10. The molecule has 21 heavy (non-hydrogen) atoms. The zero-order valence-corrected chi connectivity index (χ0v) is 15.0. The first-order chi connectivity index (χ1) is 9.48. The molecule has 0 spiro atoms. The van der Waals surface area contributed by atoms with E-state index in [1.165, 1.54) is 0 Å². The van der Waals surface area contributed by atoms with Crippen molar-refractivity contribution in [3.63, 3.8) is 0 Å². The number of anilines is 1. The van der Waals surface area contributed by atoms with Crippen molar-refractivity contribution in [3.05, 3.63) is 28.7 Å². The molecule has 6 nitrogen and oxygen atoms in total. The van der Waals surface area contributed by atoms with Crippen LogP contribution < -0.4 is 4.90 Å². The molecule has 1 aromatic carbocycles. The molecule has 1 aromatic rings. The maximum Gasteiger partial charge on any atom is 0.260 e. The van der Waals surface area contributed by atoms with E-state index in [1.807, 2.05) is 0 Å². The van der Waals surface area contributed by atoms with Gasteiger partial charge in [-0.3, -0.25) is 4.79 Å². The maximum absolute atomic E-state index is 12.4. The number of halogens is 1. The van der Waals surface area contributed by atoms with Crippen molar-refractivity contribution < 1.29 is 21.6 Å². The normalized spacial score (nSPS) is 12.4. The van der Waals surface area contributed by atoms with Crippen LogP contribution >= 0.6 is 15.9 Å². The molecule has 0 aliphatic rings. The predicted molar refractivity (Wildman–Crippen MR) is 85.6 cm³/mol. The Bertz CT molecular complexity index is 693. The topological polar surface area (TPSA) is 88.6 Å². The lowest BCUT2D eigenvalue weighted by molar-refractivity contribution is -0.116. The Morgan fingerprint density at radius 3 is 1.86 bits per heavy atom. The van der Waals surface area contributed by atoms with Gasteiger partial charge in [0.05, 0.1) is 0 Å². The van der Waals surface area contributed by atoms with Crippen LogP contribution in [0.5, 0.6) is 0 Å². The van der Waals surface area contributed by atoms with Gasteiger partial charge in [0.1, 0.15) is 0 Å². The third-order valence-corrected chi connectivity index (χ3v) is 7.28. The monoisotopic (exact) mass is 397 g/mol. The summed E-state index contributed by atoms with van der Waals surface area (Å²) in [7, 11) is -8.16. The van der Waals surface area contributed by atoms with Crippen molar-refractivity contribution in [3.8, 4) is 0 Å². The average Bonchev–Trinajstić information content (AvgIpc) is 2.28. The van der Waals surface area contributed by atoms with E-state index in [9.17, 15) is 21.6 Å². The summed E-state index contributed by atoms with van der Waals surface area (Å²) in [6.45, 7) is 1.80. The van der Waals surface area contributed by atoms with Crippen molar-refractivity contribution >= 4 is 47.2 Å². The SMILES string of the molecule is CCN(C(=O)C(S(C)(=O)=O)S(C)(=O)=O)c1ccc(Br)cc1. The molecule has 9 heteroatoms. The van der Waals surface area contributed by atoms with Crippen LogP contribution in [-0.4, -0.2) is 46.4 Å². The quantitative estimate of drug-likeness (QED) is 0.744. The van der Waals surface area contributed by atoms with E-state index in [4.69, 9.17) is 0 Å². The Hall–Kier alpha value is -0.930. The van der Waals surface area contributed by atoms with Gasteiger partial charge in [-0.15, -0.1) is 0 Å². The first kappa shape index (κ1) is 18.1. The van der Waals surface area contributed by atoms with Gasteiger partial charge in [0.15, 0.2) is 19.7 Å². The van der Waals surface area contributed by atoms with Gasteiger partial charge in [-0.05, 0) is 31.2 Å². The molecular formula is C12H16BrNO5S2. The average molecular weight is 398 g/mol. The molecular weight excluding hydrogens is 382 g/mol. The number of hydrogen-bond donors (Lipinski definition) is 0. The Kier molecular flexibility index (Phi) is 5.57. The van der Waals surface area contributed by atoms with E-state index in [2.05, 4.69) is 15.9 Å². The fraction of sp³-hybridized carbons (Fsp3) is 0.417. The van der Waals surface area contributed by atoms with Crippen molar-refractivity contribution in [2.24, 2.45) is 0 Å². The number of nitrogens with zero attached hydrogens (tertiary/aromatic N) is 1. The number of rotatable bonds is 5. The summed E-state index contributed by atoms with van der Waals surface area (Å²) in [6.07, 6.45) is 1.48. The summed E-state index contributed by atoms with van der Waals surface area (Å²) < 4.78 is 45.5. The second-order valence-electron chi connectivity index (χ2n) is 4.55. The molecule has 0 saturated carbocycles. The molecule has 0 heterocycles. The van der Waals surface area contributed by atoms with Gasteiger partial charge in [-0.1, -0.05) is 15.9 Å². The third kappa shape index (κ3) is 4.52. The molecule has 0 fully saturated rings. The standard InChI is InChI=1S/C12H16BrNO5S2/c1-4-14(10-7-5-9(13)6-8-10)11(15)12(20(2,16)17)21(3,18)19/h5-8,12H,4H2,1-3H3. The summed E-state index contributed by atoms with van der Waals surface area (Å²) in [5.41, 5.74) is 0.433. The molecule has 0 aliphatic heterocycles. The van der Waals surface area contributed by atoms with E-state index < -0.39 is 30.2 Å². The van der Waals surface area contributed by atoms with Crippen LogP contribution in [0.2, 0.25) is 0 Å². The van der Waals surface area contributed by atoms with Gasteiger partial charge >= 0.3 is 0 Å². The van der Waals surface area contributed by atoms with Crippen LogP contribution in [0.4, 0.5) is 5.69 Å². The van der Waals surface area contributed by atoms with Crippen LogP contribution in [0.3, 0.4) is 0 Å². The Balaban J connectivity index is 3.33. The highest BCUT2D eigenvalue weighted by Crippen LogP contribution is 2.21. The molecule has 0 radical (unpaired) electrons. The zero-order chi connectivity index (χ0) is 16.4. The highest BCUT2D eigenvalue weighted by Gasteiger charge is 2.41. The van der Waals surface area contributed by atoms with E-state index in [0.717, 1.165) is 21.9 Å². The second kappa shape index (κ2) is 6.45. The van der Waals surface area contributed by atoms with E-state index in [-0.39, 0.29) is 6.54 Å². The number of carbonyl (C=O) groups is 1. The van der Waals surface area contributed by atoms with Crippen LogP contribution in [0.25, 0.3) is 0 Å². The van der Waals surface area contributed by atoms with Gasteiger partial charge in [-0.25, -0.2) is 16.8 Å². The van der Waals surface area contributed by atoms with Gasteiger partial charge in [0, 0.05) is 29.2 Å². The van der Waals surface area contributed by atoms with Crippen molar-refractivity contribution in [1.82, 2.24) is 0 Å². The largest absolute Gasteiger partial charge is 0.311 e. The zero-order valence-electron chi connectivity index (χ0n) is 11.8. The first-order valence-corrected chi connectivity index (χ1v) is 10.6. The molecule has 1 rings (SSSR count). The number of benzene rings is 1. The van der Waals surface area contributed by atoms with Crippen LogP contribution in [0, 0.1) is 0 Å². The summed E-state index contributed by atoms with van der Waals surface area (Å²) in [5.74, 6) is -0.968. The number of amides is 1. The van der Waals surface area contributed by atoms with Gasteiger partial charge in [0.25, 0.3) is 5.91 Å². The second-order valence-corrected chi connectivity index (χ2v) is 10.0. The number of carbonyl (C=O) groups excluding carboxylic acids is 1. The Labute approximate surface area is 133 Å².